The van der Waals surface area contributed by atoms with Gasteiger partial charge in [-0.1, -0.05) is 31.4 Å². The van der Waals surface area contributed by atoms with E-state index in [0.29, 0.717) is 34.1 Å². The van der Waals surface area contributed by atoms with Crippen LogP contribution in [-0.2, 0) is 4.79 Å². The molecule has 2 aromatic rings. The second-order valence-corrected chi connectivity index (χ2v) is 7.60. The zero-order valence-corrected chi connectivity index (χ0v) is 18.8. The highest BCUT2D eigenvalue weighted by atomic mass is 16.5. The number of benzene rings is 2. The lowest BCUT2D eigenvalue weighted by Crippen LogP contribution is -2.36. The number of methoxy groups -OCH3 is 3. The maximum atomic E-state index is 12.8. The molecule has 7 heteroatoms. The third kappa shape index (κ3) is 5.60. The maximum absolute atomic E-state index is 12.8. The Bertz CT molecular complexity index is 980. The molecule has 1 aliphatic carbocycles. The largest absolute Gasteiger partial charge is 0.493 e. The second-order valence-electron chi connectivity index (χ2n) is 7.60. The first kappa shape index (κ1) is 23.2. The highest BCUT2D eigenvalue weighted by Gasteiger charge is 2.19. The van der Waals surface area contributed by atoms with E-state index in [2.05, 4.69) is 10.6 Å². The highest BCUT2D eigenvalue weighted by Crippen LogP contribution is 2.40. The summed E-state index contributed by atoms with van der Waals surface area (Å²) < 4.78 is 16.1. The predicted octanol–water partition coefficient (Wildman–Crippen LogP) is 4.43. The summed E-state index contributed by atoms with van der Waals surface area (Å²) in [6.45, 7) is 0. The molecule has 7 nitrogen and oxygen atoms in total. The quantitative estimate of drug-likeness (QED) is 0.596. The van der Waals surface area contributed by atoms with Gasteiger partial charge in [0.15, 0.2) is 11.5 Å². The van der Waals surface area contributed by atoms with Gasteiger partial charge in [-0.25, -0.2) is 0 Å². The van der Waals surface area contributed by atoms with Crippen LogP contribution in [0, 0.1) is 0 Å². The lowest BCUT2D eigenvalue weighted by molar-refractivity contribution is -0.111. The standard InChI is InChI=1S/C25H30N2O5/c1-30-21-15-13-17(23(31-2)24(21)32-3)14-16-22(28)27-20-12-8-7-11-19(20)25(29)26-18-9-5-4-6-10-18/h7-8,11-16,18H,4-6,9-10H2,1-3H3,(H,26,29)(H,27,28)/b16-14+. The first-order chi connectivity index (χ1) is 15.6. The molecule has 0 spiro atoms. The normalized spacial score (nSPS) is 14.1. The fourth-order valence-electron chi connectivity index (χ4n) is 3.90. The van der Waals surface area contributed by atoms with Crippen molar-refractivity contribution in [3.05, 3.63) is 53.6 Å². The molecule has 2 aromatic carbocycles. The number of anilines is 1. The van der Waals surface area contributed by atoms with E-state index in [1.807, 2.05) is 0 Å². The molecule has 1 saturated carbocycles. The third-order valence-electron chi connectivity index (χ3n) is 5.52. The van der Waals surface area contributed by atoms with Crippen LogP contribution < -0.4 is 24.8 Å². The van der Waals surface area contributed by atoms with Crippen LogP contribution in [0.5, 0.6) is 17.2 Å². The number of hydrogen-bond acceptors (Lipinski definition) is 5. The summed E-state index contributed by atoms with van der Waals surface area (Å²) in [5, 5.41) is 5.90. The van der Waals surface area contributed by atoms with Crippen LogP contribution in [0.25, 0.3) is 6.08 Å². The molecule has 2 N–H and O–H groups in total. The van der Waals surface area contributed by atoms with E-state index in [4.69, 9.17) is 14.2 Å². The maximum Gasteiger partial charge on any atom is 0.253 e. The number of nitrogens with one attached hydrogen (secondary N) is 2. The van der Waals surface area contributed by atoms with Crippen LogP contribution in [0.4, 0.5) is 5.69 Å². The van der Waals surface area contributed by atoms with Gasteiger partial charge in [-0.3, -0.25) is 9.59 Å². The Morgan fingerprint density at radius 3 is 2.31 bits per heavy atom. The van der Waals surface area contributed by atoms with Crippen LogP contribution in [0.1, 0.15) is 48.0 Å². The van der Waals surface area contributed by atoms with Gasteiger partial charge in [0.1, 0.15) is 0 Å². The molecule has 0 aliphatic heterocycles. The van der Waals surface area contributed by atoms with Gasteiger partial charge >= 0.3 is 0 Å². The summed E-state index contributed by atoms with van der Waals surface area (Å²) in [4.78, 5) is 25.4. The van der Waals surface area contributed by atoms with Gasteiger partial charge in [0, 0.05) is 17.7 Å². The monoisotopic (exact) mass is 438 g/mol. The topological polar surface area (TPSA) is 85.9 Å². The lowest BCUT2D eigenvalue weighted by Gasteiger charge is -2.23. The molecule has 0 aromatic heterocycles. The zero-order chi connectivity index (χ0) is 22.9. The minimum atomic E-state index is -0.361. The van der Waals surface area contributed by atoms with Crippen LogP contribution in [0.3, 0.4) is 0 Å². The molecule has 0 unspecified atom stereocenters. The summed E-state index contributed by atoms with van der Waals surface area (Å²) in [6.07, 6.45) is 8.49. The smallest absolute Gasteiger partial charge is 0.253 e. The molecule has 3 rings (SSSR count). The summed E-state index contributed by atoms with van der Waals surface area (Å²) in [6, 6.07) is 10.7. The minimum Gasteiger partial charge on any atom is -0.493 e. The van der Waals surface area contributed by atoms with Crippen LogP contribution in [-0.4, -0.2) is 39.2 Å². The van der Waals surface area contributed by atoms with Gasteiger partial charge in [-0.15, -0.1) is 0 Å². The molecule has 1 aliphatic rings. The second kappa shape index (κ2) is 11.2. The first-order valence-corrected chi connectivity index (χ1v) is 10.7. The fraction of sp³-hybridized carbons (Fsp3) is 0.360. The average Bonchev–Trinajstić information content (AvgIpc) is 2.82. The van der Waals surface area contributed by atoms with Gasteiger partial charge in [0.2, 0.25) is 11.7 Å². The summed E-state index contributed by atoms with van der Waals surface area (Å²) in [5.41, 5.74) is 1.57. The van der Waals surface area contributed by atoms with E-state index in [0.717, 1.165) is 25.7 Å². The van der Waals surface area contributed by atoms with Crippen LogP contribution in [0.15, 0.2) is 42.5 Å². The molecule has 2 amide bonds. The molecule has 0 atom stereocenters. The van der Waals surface area contributed by atoms with Gasteiger partial charge in [0.05, 0.1) is 32.6 Å². The van der Waals surface area contributed by atoms with Crippen molar-refractivity contribution < 1.29 is 23.8 Å². The number of rotatable bonds is 8. The minimum absolute atomic E-state index is 0.168. The van der Waals surface area contributed by atoms with Crippen molar-refractivity contribution in [2.24, 2.45) is 0 Å². The van der Waals surface area contributed by atoms with E-state index in [1.165, 1.54) is 26.7 Å². The van der Waals surface area contributed by atoms with Crippen molar-refractivity contribution in [2.45, 2.75) is 38.1 Å². The molecule has 32 heavy (non-hydrogen) atoms. The van der Waals surface area contributed by atoms with E-state index in [-0.39, 0.29) is 17.9 Å². The summed E-state index contributed by atoms with van der Waals surface area (Å²) in [5.74, 6) is 0.910. The van der Waals surface area contributed by atoms with Crippen molar-refractivity contribution in [1.29, 1.82) is 0 Å². The van der Waals surface area contributed by atoms with E-state index in [9.17, 15) is 9.59 Å². The Morgan fingerprint density at radius 1 is 0.906 bits per heavy atom. The zero-order valence-electron chi connectivity index (χ0n) is 18.8. The van der Waals surface area contributed by atoms with E-state index < -0.39 is 0 Å². The molecule has 0 bridgehead atoms. The molecular formula is C25H30N2O5. The Morgan fingerprint density at radius 2 is 1.62 bits per heavy atom. The number of para-hydroxylation sites is 1. The molecule has 0 saturated heterocycles. The lowest BCUT2D eigenvalue weighted by atomic mass is 9.95. The molecular weight excluding hydrogens is 408 g/mol. The summed E-state index contributed by atoms with van der Waals surface area (Å²) >= 11 is 0. The molecule has 0 radical (unpaired) electrons. The third-order valence-corrected chi connectivity index (χ3v) is 5.52. The van der Waals surface area contributed by atoms with Crippen LogP contribution in [0.2, 0.25) is 0 Å². The number of ether oxygens (including phenoxy) is 3. The number of amides is 2. The average molecular weight is 439 g/mol. The summed E-state index contributed by atoms with van der Waals surface area (Å²) in [7, 11) is 4.59. The van der Waals surface area contributed by atoms with E-state index >= 15 is 0 Å². The van der Waals surface area contributed by atoms with Crippen LogP contribution >= 0.6 is 0 Å². The van der Waals surface area contributed by atoms with Crippen molar-refractivity contribution in [3.8, 4) is 17.2 Å². The number of carbonyl (C=O) groups excluding carboxylic acids is 2. The number of carbonyl (C=O) groups is 2. The number of hydrogen-bond donors (Lipinski definition) is 2. The SMILES string of the molecule is COc1ccc(/C=C/C(=O)Nc2ccccc2C(=O)NC2CCCCC2)c(OC)c1OC. The van der Waals surface area contributed by atoms with E-state index in [1.54, 1.807) is 49.6 Å². The van der Waals surface area contributed by atoms with Crippen molar-refractivity contribution in [3.63, 3.8) is 0 Å². The molecule has 0 heterocycles. The van der Waals surface area contributed by atoms with Crippen molar-refractivity contribution in [2.75, 3.05) is 26.6 Å². The predicted molar refractivity (Wildman–Crippen MR) is 125 cm³/mol. The van der Waals surface area contributed by atoms with Gasteiger partial charge in [-0.2, -0.15) is 0 Å². The van der Waals surface area contributed by atoms with Crippen molar-refractivity contribution >= 4 is 23.6 Å². The first-order valence-electron chi connectivity index (χ1n) is 10.7. The molecule has 170 valence electrons. The molecule has 1 fully saturated rings. The van der Waals surface area contributed by atoms with Gasteiger partial charge < -0.3 is 24.8 Å². The Kier molecular flexibility index (Phi) is 8.14. The Labute approximate surface area is 188 Å². The fourth-order valence-corrected chi connectivity index (χ4v) is 3.90. The van der Waals surface area contributed by atoms with Crippen molar-refractivity contribution in [1.82, 2.24) is 5.32 Å². The van der Waals surface area contributed by atoms with Gasteiger partial charge in [0.25, 0.3) is 5.91 Å². The van der Waals surface area contributed by atoms with Gasteiger partial charge in [-0.05, 0) is 43.2 Å². The highest BCUT2D eigenvalue weighted by molar-refractivity contribution is 6.07. The Balaban J connectivity index is 1.73. The Hall–Kier alpha value is -3.48.